The minimum absolute atomic E-state index is 0.926. The fourth-order valence-electron chi connectivity index (χ4n) is 0.273. The highest BCUT2D eigenvalue weighted by molar-refractivity contribution is 4.89. The monoisotopic (exact) mass is 173 g/mol. The highest BCUT2D eigenvalue weighted by atomic mass is 16.5. The van der Waals surface area contributed by atoms with E-state index in [1.54, 1.807) is 12.3 Å². The molecular weight excluding hydrogens is 150 g/mol. The molecule has 74 valence electrons. The van der Waals surface area contributed by atoms with Crippen LogP contribution in [0.1, 0.15) is 47.2 Å². The van der Waals surface area contributed by atoms with E-state index in [-0.39, 0.29) is 0 Å². The van der Waals surface area contributed by atoms with Gasteiger partial charge in [-0.1, -0.05) is 46.7 Å². The van der Waals surface area contributed by atoms with Crippen LogP contribution in [0.25, 0.3) is 0 Å². The molecule has 0 aliphatic rings. The maximum atomic E-state index is 4.46. The van der Waals surface area contributed by atoms with Crippen LogP contribution in [0.4, 0.5) is 0 Å². The topological polar surface area (TPSA) is 26.0 Å². The van der Waals surface area contributed by atoms with E-state index in [1.165, 1.54) is 0 Å². The van der Waals surface area contributed by atoms with Gasteiger partial charge < -0.3 is 4.52 Å². The lowest BCUT2D eigenvalue weighted by Gasteiger charge is -1.62. The van der Waals surface area contributed by atoms with Crippen molar-refractivity contribution < 1.29 is 4.52 Å². The average molecular weight is 173 g/mol. The second-order valence-corrected chi connectivity index (χ2v) is 1.14. The van der Waals surface area contributed by atoms with Crippen molar-refractivity contribution in [2.45, 2.75) is 48.5 Å². The second kappa shape index (κ2) is 22.5. The Morgan fingerprint density at radius 2 is 1.42 bits per heavy atom. The maximum Gasteiger partial charge on any atom is 0.124 e. The summed E-state index contributed by atoms with van der Waals surface area (Å²) in [5, 5.41) is 3.54. The molecule has 1 aromatic heterocycles. The van der Waals surface area contributed by atoms with Crippen LogP contribution < -0.4 is 0 Å². The van der Waals surface area contributed by atoms with E-state index in [2.05, 4.69) is 9.68 Å². The van der Waals surface area contributed by atoms with Gasteiger partial charge >= 0.3 is 0 Å². The minimum atomic E-state index is 0.926. The average Bonchev–Trinajstić information content (AvgIpc) is 2.66. The third kappa shape index (κ3) is 16.1. The molecule has 0 saturated heterocycles. The van der Waals surface area contributed by atoms with Crippen molar-refractivity contribution in [3.05, 3.63) is 18.0 Å². The van der Waals surface area contributed by atoms with Crippen LogP contribution >= 0.6 is 0 Å². The number of aryl methyl sites for hydroxylation is 1. The summed E-state index contributed by atoms with van der Waals surface area (Å²) in [7, 11) is 0. The predicted molar refractivity (Wildman–Crippen MR) is 55.3 cm³/mol. The number of hydrogen-bond acceptors (Lipinski definition) is 2. The molecule has 0 amide bonds. The molecule has 12 heavy (non-hydrogen) atoms. The molecule has 0 bridgehead atoms. The first kappa shape index (κ1) is 17.3. The van der Waals surface area contributed by atoms with Gasteiger partial charge in [-0.15, -0.1) is 0 Å². The number of nitrogens with zero attached hydrogens (tertiary/aromatic N) is 1. The van der Waals surface area contributed by atoms with Crippen LogP contribution in [-0.4, -0.2) is 5.16 Å². The first-order valence-corrected chi connectivity index (χ1v) is 4.76. The van der Waals surface area contributed by atoms with Crippen molar-refractivity contribution in [3.63, 3.8) is 0 Å². The summed E-state index contributed by atoms with van der Waals surface area (Å²) >= 11 is 0. The zero-order valence-electron chi connectivity index (χ0n) is 9.51. The van der Waals surface area contributed by atoms with Crippen LogP contribution in [0.15, 0.2) is 16.9 Å². The second-order valence-electron chi connectivity index (χ2n) is 1.14. The predicted octanol–water partition coefficient (Wildman–Crippen LogP) is 4.06. The molecule has 0 unspecified atom stereocenters. The van der Waals surface area contributed by atoms with Crippen molar-refractivity contribution in [1.82, 2.24) is 5.16 Å². The van der Waals surface area contributed by atoms with Crippen molar-refractivity contribution in [2.24, 2.45) is 0 Å². The van der Waals surface area contributed by atoms with E-state index in [0.29, 0.717) is 0 Å². The summed E-state index contributed by atoms with van der Waals surface area (Å²) in [5.41, 5.74) is 0.926. The van der Waals surface area contributed by atoms with E-state index < -0.39 is 0 Å². The molecule has 0 fully saturated rings. The van der Waals surface area contributed by atoms with Gasteiger partial charge in [-0.3, -0.25) is 0 Å². The van der Waals surface area contributed by atoms with Gasteiger partial charge in [0.1, 0.15) is 6.26 Å². The standard InChI is InChI=1S/C4H5NO.3C2H6/c1-4-2-3-6-5-4;3*1-2/h2-3H,1H3;3*1-2H3. The number of hydrogen-bond donors (Lipinski definition) is 0. The number of aromatic nitrogens is 1. The van der Waals surface area contributed by atoms with Crippen LogP contribution in [-0.2, 0) is 0 Å². The van der Waals surface area contributed by atoms with E-state index in [9.17, 15) is 0 Å². The summed E-state index contributed by atoms with van der Waals surface area (Å²) in [5.74, 6) is 0. The summed E-state index contributed by atoms with van der Waals surface area (Å²) < 4.78 is 4.46. The molecule has 2 heteroatoms. The summed E-state index contributed by atoms with van der Waals surface area (Å²) in [6.07, 6.45) is 1.55. The molecule has 0 atom stereocenters. The SMILES string of the molecule is CC.CC.CC.Cc1ccon1. The third-order valence-electron chi connectivity index (χ3n) is 0.567. The van der Waals surface area contributed by atoms with E-state index in [0.717, 1.165) is 5.69 Å². The molecule has 0 aliphatic heterocycles. The lowest BCUT2D eigenvalue weighted by molar-refractivity contribution is 0.415. The van der Waals surface area contributed by atoms with Gasteiger partial charge in [0.25, 0.3) is 0 Å². The largest absolute Gasteiger partial charge is 0.365 e. The van der Waals surface area contributed by atoms with Gasteiger partial charge in [-0.25, -0.2) is 0 Å². The highest BCUT2D eigenvalue weighted by Crippen LogP contribution is 1.86. The lowest BCUT2D eigenvalue weighted by atomic mass is 10.5. The smallest absolute Gasteiger partial charge is 0.124 e. The van der Waals surface area contributed by atoms with Crippen molar-refractivity contribution in [3.8, 4) is 0 Å². The van der Waals surface area contributed by atoms with Crippen LogP contribution in [0.5, 0.6) is 0 Å². The van der Waals surface area contributed by atoms with E-state index in [4.69, 9.17) is 0 Å². The molecule has 2 nitrogen and oxygen atoms in total. The maximum absolute atomic E-state index is 4.46. The Morgan fingerprint density at radius 1 is 1.00 bits per heavy atom. The van der Waals surface area contributed by atoms with Gasteiger partial charge in [-0.05, 0) is 6.92 Å². The lowest BCUT2D eigenvalue weighted by Crippen LogP contribution is -1.59. The summed E-state index contributed by atoms with van der Waals surface area (Å²) in [4.78, 5) is 0. The van der Waals surface area contributed by atoms with Gasteiger partial charge in [0, 0.05) is 6.07 Å². The normalized spacial score (nSPS) is 5.92. The molecule has 1 heterocycles. The Hall–Kier alpha value is -0.790. The van der Waals surface area contributed by atoms with Crippen molar-refractivity contribution in [2.75, 3.05) is 0 Å². The van der Waals surface area contributed by atoms with Gasteiger partial charge in [0.15, 0.2) is 0 Å². The molecule has 0 aromatic carbocycles. The van der Waals surface area contributed by atoms with Crippen LogP contribution in [0.2, 0.25) is 0 Å². The minimum Gasteiger partial charge on any atom is -0.365 e. The molecule has 0 N–H and O–H groups in total. The van der Waals surface area contributed by atoms with E-state index in [1.807, 2.05) is 48.5 Å². The van der Waals surface area contributed by atoms with Gasteiger partial charge in [0.2, 0.25) is 0 Å². The molecular formula is C10H23NO. The first-order chi connectivity index (χ1) is 5.89. The zero-order valence-corrected chi connectivity index (χ0v) is 9.51. The molecule has 1 rings (SSSR count). The third-order valence-corrected chi connectivity index (χ3v) is 0.567. The molecule has 0 aliphatic carbocycles. The Kier molecular flexibility index (Phi) is 32.4. The number of rotatable bonds is 0. The fraction of sp³-hybridized carbons (Fsp3) is 0.700. The molecule has 0 spiro atoms. The van der Waals surface area contributed by atoms with Gasteiger partial charge in [-0.2, -0.15) is 0 Å². The van der Waals surface area contributed by atoms with Crippen molar-refractivity contribution in [1.29, 1.82) is 0 Å². The van der Waals surface area contributed by atoms with E-state index >= 15 is 0 Å². The molecule has 1 aromatic rings. The zero-order chi connectivity index (χ0) is 10.4. The van der Waals surface area contributed by atoms with Crippen molar-refractivity contribution >= 4 is 0 Å². The van der Waals surface area contributed by atoms with Crippen LogP contribution in [0.3, 0.4) is 0 Å². The Balaban J connectivity index is -0.000000117. The van der Waals surface area contributed by atoms with Gasteiger partial charge in [0.05, 0.1) is 5.69 Å². The van der Waals surface area contributed by atoms with Crippen LogP contribution in [0, 0.1) is 6.92 Å². The fourth-order valence-corrected chi connectivity index (χ4v) is 0.273. The molecule has 0 radical (unpaired) electrons. The Morgan fingerprint density at radius 3 is 1.50 bits per heavy atom. The first-order valence-electron chi connectivity index (χ1n) is 4.76. The summed E-state index contributed by atoms with van der Waals surface area (Å²) in [6.45, 7) is 13.9. The molecule has 0 saturated carbocycles. The Labute approximate surface area is 77.0 Å². The highest BCUT2D eigenvalue weighted by Gasteiger charge is 1.77. The quantitative estimate of drug-likeness (QED) is 0.591. The Bertz CT molecular complexity index is 113. The summed E-state index contributed by atoms with van der Waals surface area (Å²) in [6, 6.07) is 1.81.